The van der Waals surface area contributed by atoms with Gasteiger partial charge in [-0.1, -0.05) is 12.1 Å². The number of ether oxygens (including phenoxy) is 1. The van der Waals surface area contributed by atoms with Crippen LogP contribution in [0.15, 0.2) is 39.5 Å². The Morgan fingerprint density at radius 2 is 2.05 bits per heavy atom. The smallest absolute Gasteiger partial charge is 0.339 e. The van der Waals surface area contributed by atoms with E-state index in [1.807, 2.05) is 12.1 Å². The first-order chi connectivity index (χ1) is 10.2. The Morgan fingerprint density at radius 1 is 1.29 bits per heavy atom. The highest BCUT2D eigenvalue weighted by molar-refractivity contribution is 5.82. The van der Waals surface area contributed by atoms with Crippen molar-refractivity contribution in [3.05, 3.63) is 40.8 Å². The summed E-state index contributed by atoms with van der Waals surface area (Å²) in [5.41, 5.74) is 0.0479. The van der Waals surface area contributed by atoms with Crippen molar-refractivity contribution in [2.24, 2.45) is 0 Å². The number of rotatable bonds is 5. The van der Waals surface area contributed by atoms with E-state index >= 15 is 0 Å². The van der Waals surface area contributed by atoms with Gasteiger partial charge >= 0.3 is 5.63 Å². The van der Waals surface area contributed by atoms with Crippen molar-refractivity contribution in [2.45, 2.75) is 18.9 Å². The number of hydrogen-bond acceptors (Lipinski definition) is 5. The molecule has 1 atom stereocenters. The molecule has 2 aromatic rings. The molecule has 1 fully saturated rings. The maximum absolute atomic E-state index is 11.5. The molecule has 1 unspecified atom stereocenters. The first-order valence-corrected chi connectivity index (χ1v) is 7.28. The number of β-amino-alcohol motifs (C(OH)–C–C–N with tert-alkyl or cyclic N) is 1. The number of nitrogens with zero attached hydrogens (tertiary/aromatic N) is 1. The number of fused-ring (bicyclic) bond motifs is 1. The van der Waals surface area contributed by atoms with Gasteiger partial charge < -0.3 is 19.2 Å². The molecule has 2 heterocycles. The Kier molecular flexibility index (Phi) is 4.22. The minimum atomic E-state index is -0.561. The molecule has 0 amide bonds. The third-order valence-electron chi connectivity index (χ3n) is 3.71. The van der Waals surface area contributed by atoms with Crippen molar-refractivity contribution in [1.82, 2.24) is 4.90 Å². The highest BCUT2D eigenvalue weighted by Crippen LogP contribution is 2.23. The van der Waals surface area contributed by atoms with Gasteiger partial charge in [-0.2, -0.15) is 0 Å². The van der Waals surface area contributed by atoms with Crippen molar-refractivity contribution in [2.75, 3.05) is 26.2 Å². The fourth-order valence-electron chi connectivity index (χ4n) is 2.70. The van der Waals surface area contributed by atoms with E-state index in [-0.39, 0.29) is 6.61 Å². The maximum Gasteiger partial charge on any atom is 0.339 e. The number of aliphatic hydroxyl groups excluding tert-OH is 1. The summed E-state index contributed by atoms with van der Waals surface area (Å²) in [7, 11) is 0. The molecule has 5 nitrogen and oxygen atoms in total. The summed E-state index contributed by atoms with van der Waals surface area (Å²) in [6.07, 6.45) is 1.82. The van der Waals surface area contributed by atoms with Gasteiger partial charge in [-0.05, 0) is 38.1 Å². The van der Waals surface area contributed by atoms with Gasteiger partial charge in [0.15, 0.2) is 0 Å². The van der Waals surface area contributed by atoms with E-state index in [4.69, 9.17) is 9.15 Å². The van der Waals surface area contributed by atoms with E-state index in [2.05, 4.69) is 4.90 Å². The van der Waals surface area contributed by atoms with Crippen molar-refractivity contribution in [1.29, 1.82) is 0 Å². The predicted molar refractivity (Wildman–Crippen MR) is 79.7 cm³/mol. The van der Waals surface area contributed by atoms with Crippen LogP contribution in [0.2, 0.25) is 0 Å². The third kappa shape index (κ3) is 3.43. The second-order valence-corrected chi connectivity index (χ2v) is 5.40. The lowest BCUT2D eigenvalue weighted by atomic mass is 10.2. The van der Waals surface area contributed by atoms with Crippen LogP contribution in [0.1, 0.15) is 12.8 Å². The van der Waals surface area contributed by atoms with Crippen LogP contribution in [0.3, 0.4) is 0 Å². The summed E-state index contributed by atoms with van der Waals surface area (Å²) >= 11 is 0. The van der Waals surface area contributed by atoms with Crippen LogP contribution in [0.5, 0.6) is 5.75 Å². The topological polar surface area (TPSA) is 62.9 Å². The Morgan fingerprint density at radius 3 is 2.86 bits per heavy atom. The highest BCUT2D eigenvalue weighted by atomic mass is 16.5. The third-order valence-corrected chi connectivity index (χ3v) is 3.71. The van der Waals surface area contributed by atoms with Crippen molar-refractivity contribution in [3.8, 4) is 5.75 Å². The first kappa shape index (κ1) is 14.1. The highest BCUT2D eigenvalue weighted by Gasteiger charge is 2.16. The maximum atomic E-state index is 11.5. The monoisotopic (exact) mass is 289 g/mol. The van der Waals surface area contributed by atoms with Gasteiger partial charge in [-0.25, -0.2) is 4.79 Å². The van der Waals surface area contributed by atoms with Gasteiger partial charge in [0.25, 0.3) is 0 Å². The zero-order valence-corrected chi connectivity index (χ0v) is 11.8. The first-order valence-electron chi connectivity index (χ1n) is 7.28. The Hall–Kier alpha value is -1.85. The summed E-state index contributed by atoms with van der Waals surface area (Å²) in [6.45, 7) is 2.85. The van der Waals surface area contributed by atoms with Crippen molar-refractivity contribution in [3.63, 3.8) is 0 Å². The molecule has 1 aromatic heterocycles. The molecule has 1 aromatic carbocycles. The van der Waals surface area contributed by atoms with Crippen LogP contribution >= 0.6 is 0 Å². The molecular formula is C16H19NO4. The second kappa shape index (κ2) is 6.28. The standard InChI is InChI=1S/C16H19NO4/c18-12(10-17-7-3-4-8-17)11-20-15-9-16(19)21-14-6-2-1-5-13(14)15/h1-2,5-6,9,12,18H,3-4,7-8,10-11H2. The van der Waals surface area contributed by atoms with Crippen molar-refractivity contribution >= 4 is 11.0 Å². The summed E-state index contributed by atoms with van der Waals surface area (Å²) in [5, 5.41) is 10.8. The minimum Gasteiger partial charge on any atom is -0.490 e. The molecule has 0 radical (unpaired) electrons. The molecular weight excluding hydrogens is 270 g/mol. The van der Waals surface area contributed by atoms with E-state index < -0.39 is 11.7 Å². The zero-order valence-electron chi connectivity index (χ0n) is 11.8. The fourth-order valence-corrected chi connectivity index (χ4v) is 2.70. The van der Waals surface area contributed by atoms with Crippen LogP contribution in [-0.4, -0.2) is 42.4 Å². The zero-order chi connectivity index (χ0) is 14.7. The molecule has 3 rings (SSSR count). The van der Waals surface area contributed by atoms with Crippen LogP contribution in [0.4, 0.5) is 0 Å². The Labute approximate surface area is 122 Å². The van der Waals surface area contributed by atoms with Gasteiger partial charge in [0.2, 0.25) is 0 Å². The number of aliphatic hydroxyl groups is 1. The summed E-state index contributed by atoms with van der Waals surface area (Å²) < 4.78 is 10.7. The molecule has 1 saturated heterocycles. The molecule has 21 heavy (non-hydrogen) atoms. The van der Waals surface area contributed by atoms with E-state index in [9.17, 15) is 9.90 Å². The van der Waals surface area contributed by atoms with Gasteiger partial charge in [0, 0.05) is 6.54 Å². The van der Waals surface area contributed by atoms with E-state index in [1.54, 1.807) is 12.1 Å². The van der Waals surface area contributed by atoms with Crippen molar-refractivity contribution < 1.29 is 14.3 Å². The molecule has 5 heteroatoms. The van der Waals surface area contributed by atoms with Crippen LogP contribution < -0.4 is 10.4 Å². The number of para-hydroxylation sites is 1. The summed E-state index contributed by atoms with van der Waals surface area (Å²) in [4.78, 5) is 13.7. The molecule has 0 aliphatic carbocycles. The summed E-state index contributed by atoms with van der Waals surface area (Å²) in [6, 6.07) is 8.54. The number of likely N-dealkylation sites (tertiary alicyclic amines) is 1. The van der Waals surface area contributed by atoms with Crippen LogP contribution in [-0.2, 0) is 0 Å². The number of benzene rings is 1. The SMILES string of the molecule is O=c1cc(OCC(O)CN2CCCC2)c2ccccc2o1. The lowest BCUT2D eigenvalue weighted by molar-refractivity contribution is 0.0762. The van der Waals surface area contributed by atoms with Crippen LogP contribution in [0, 0.1) is 0 Å². The molecule has 0 saturated carbocycles. The lowest BCUT2D eigenvalue weighted by Gasteiger charge is -2.19. The Balaban J connectivity index is 1.68. The molecule has 1 N–H and O–H groups in total. The van der Waals surface area contributed by atoms with Gasteiger partial charge in [-0.3, -0.25) is 0 Å². The van der Waals surface area contributed by atoms with E-state index in [1.165, 1.54) is 18.9 Å². The molecule has 0 bridgehead atoms. The van der Waals surface area contributed by atoms with E-state index in [0.717, 1.165) is 18.5 Å². The average Bonchev–Trinajstić information content (AvgIpc) is 2.97. The van der Waals surface area contributed by atoms with Gasteiger partial charge in [0.1, 0.15) is 24.0 Å². The second-order valence-electron chi connectivity index (χ2n) is 5.40. The molecule has 1 aliphatic heterocycles. The minimum absolute atomic E-state index is 0.171. The normalized spacial score (nSPS) is 17.2. The largest absolute Gasteiger partial charge is 0.490 e. The van der Waals surface area contributed by atoms with Gasteiger partial charge in [0.05, 0.1) is 11.5 Å². The molecule has 1 aliphatic rings. The lowest BCUT2D eigenvalue weighted by Crippen LogP contribution is -2.33. The quantitative estimate of drug-likeness (QED) is 0.848. The van der Waals surface area contributed by atoms with Crippen LogP contribution in [0.25, 0.3) is 11.0 Å². The summed E-state index contributed by atoms with van der Waals surface area (Å²) in [5.74, 6) is 0.460. The Bertz CT molecular complexity index is 661. The van der Waals surface area contributed by atoms with E-state index in [0.29, 0.717) is 17.9 Å². The molecule has 112 valence electrons. The van der Waals surface area contributed by atoms with Gasteiger partial charge in [-0.15, -0.1) is 0 Å². The predicted octanol–water partition coefficient (Wildman–Crippen LogP) is 1.63. The average molecular weight is 289 g/mol. The number of hydrogen-bond donors (Lipinski definition) is 1. The molecule has 0 spiro atoms. The fraction of sp³-hybridized carbons (Fsp3) is 0.438.